The van der Waals surface area contributed by atoms with Gasteiger partial charge in [0.15, 0.2) is 0 Å². The van der Waals surface area contributed by atoms with Crippen molar-refractivity contribution in [2.24, 2.45) is 0 Å². The standard InChI is InChI=1S/C21H27N3O2/c1-14-10-15(2)12-18(11-14)23-19(25)13-22-17-8-6-16(7-9-17)20(26)24-21(3,4)5/h6-12,22H,13H2,1-5H3,(H,23,25)(H,24,26). The molecule has 0 fully saturated rings. The van der Waals surface area contributed by atoms with Gasteiger partial charge in [0.05, 0.1) is 6.54 Å². The van der Waals surface area contributed by atoms with Gasteiger partial charge in [-0.3, -0.25) is 9.59 Å². The van der Waals surface area contributed by atoms with Crippen LogP contribution in [0, 0.1) is 13.8 Å². The topological polar surface area (TPSA) is 70.2 Å². The van der Waals surface area contributed by atoms with Gasteiger partial charge in [0.2, 0.25) is 5.91 Å². The van der Waals surface area contributed by atoms with E-state index in [1.54, 1.807) is 24.3 Å². The molecule has 0 radical (unpaired) electrons. The molecule has 0 bridgehead atoms. The lowest BCUT2D eigenvalue weighted by Crippen LogP contribution is -2.40. The van der Waals surface area contributed by atoms with Crippen LogP contribution in [0.25, 0.3) is 0 Å². The minimum absolute atomic E-state index is 0.114. The zero-order chi connectivity index (χ0) is 19.3. The van der Waals surface area contributed by atoms with E-state index in [4.69, 9.17) is 0 Å². The van der Waals surface area contributed by atoms with Crippen molar-refractivity contribution in [1.82, 2.24) is 5.32 Å². The maximum Gasteiger partial charge on any atom is 0.251 e. The fourth-order valence-corrected chi connectivity index (χ4v) is 2.59. The summed E-state index contributed by atoms with van der Waals surface area (Å²) < 4.78 is 0. The van der Waals surface area contributed by atoms with E-state index in [1.165, 1.54) is 0 Å². The largest absolute Gasteiger partial charge is 0.376 e. The molecule has 0 aliphatic heterocycles. The van der Waals surface area contributed by atoms with Crippen LogP contribution in [0.15, 0.2) is 42.5 Å². The summed E-state index contributed by atoms with van der Waals surface area (Å²) in [5.41, 5.74) is 4.11. The number of rotatable bonds is 5. The van der Waals surface area contributed by atoms with E-state index in [9.17, 15) is 9.59 Å². The minimum atomic E-state index is -0.278. The average molecular weight is 353 g/mol. The van der Waals surface area contributed by atoms with E-state index in [1.807, 2.05) is 46.8 Å². The van der Waals surface area contributed by atoms with Gasteiger partial charge in [-0.25, -0.2) is 0 Å². The Balaban J connectivity index is 1.89. The first-order chi connectivity index (χ1) is 12.1. The Labute approximate surface area is 155 Å². The molecule has 2 aromatic rings. The summed E-state index contributed by atoms with van der Waals surface area (Å²) in [5, 5.41) is 8.87. The van der Waals surface area contributed by atoms with Gasteiger partial charge in [0.25, 0.3) is 5.91 Å². The molecule has 2 aromatic carbocycles. The van der Waals surface area contributed by atoms with E-state index in [-0.39, 0.29) is 23.9 Å². The second-order valence-electron chi connectivity index (χ2n) is 7.56. The number of carbonyl (C=O) groups excluding carboxylic acids is 2. The second kappa shape index (κ2) is 8.04. The van der Waals surface area contributed by atoms with Crippen molar-refractivity contribution >= 4 is 23.2 Å². The fourth-order valence-electron chi connectivity index (χ4n) is 2.59. The van der Waals surface area contributed by atoms with Gasteiger partial charge in [-0.2, -0.15) is 0 Å². The van der Waals surface area contributed by atoms with Crippen LogP contribution in [-0.4, -0.2) is 23.9 Å². The summed E-state index contributed by atoms with van der Waals surface area (Å²) in [5.74, 6) is -0.235. The highest BCUT2D eigenvalue weighted by molar-refractivity contribution is 5.95. The van der Waals surface area contributed by atoms with Crippen LogP contribution in [-0.2, 0) is 4.79 Å². The smallest absolute Gasteiger partial charge is 0.251 e. The van der Waals surface area contributed by atoms with Crippen molar-refractivity contribution in [1.29, 1.82) is 0 Å². The van der Waals surface area contributed by atoms with E-state index < -0.39 is 0 Å². The zero-order valence-corrected chi connectivity index (χ0v) is 16.1. The summed E-state index contributed by atoms with van der Waals surface area (Å²) in [6.45, 7) is 9.97. The van der Waals surface area contributed by atoms with Crippen molar-refractivity contribution in [3.05, 3.63) is 59.2 Å². The van der Waals surface area contributed by atoms with Gasteiger partial charge in [0, 0.05) is 22.5 Å². The molecule has 0 aromatic heterocycles. The quantitative estimate of drug-likeness (QED) is 0.764. The Morgan fingerprint density at radius 2 is 1.46 bits per heavy atom. The maximum atomic E-state index is 12.1. The number of hydrogen-bond acceptors (Lipinski definition) is 3. The molecule has 0 atom stereocenters. The number of benzene rings is 2. The Morgan fingerprint density at radius 1 is 0.885 bits per heavy atom. The third kappa shape index (κ3) is 6.24. The van der Waals surface area contributed by atoms with E-state index in [0.29, 0.717) is 5.56 Å². The Kier molecular flexibility index (Phi) is 6.03. The lowest BCUT2D eigenvalue weighted by molar-refractivity contribution is -0.114. The highest BCUT2D eigenvalue weighted by Crippen LogP contribution is 2.14. The molecule has 3 N–H and O–H groups in total. The fraction of sp³-hybridized carbons (Fsp3) is 0.333. The number of aryl methyl sites for hydroxylation is 2. The Morgan fingerprint density at radius 3 is 2.00 bits per heavy atom. The molecule has 0 unspecified atom stereocenters. The molecule has 0 saturated heterocycles. The van der Waals surface area contributed by atoms with Gasteiger partial charge in [0.1, 0.15) is 0 Å². The molecule has 138 valence electrons. The SMILES string of the molecule is Cc1cc(C)cc(NC(=O)CNc2ccc(C(=O)NC(C)(C)C)cc2)c1. The average Bonchev–Trinajstić information content (AvgIpc) is 2.50. The monoisotopic (exact) mass is 353 g/mol. The third-order valence-electron chi connectivity index (χ3n) is 3.59. The molecular weight excluding hydrogens is 326 g/mol. The normalized spacial score (nSPS) is 11.0. The van der Waals surface area contributed by atoms with Crippen LogP contribution in [0.2, 0.25) is 0 Å². The third-order valence-corrected chi connectivity index (χ3v) is 3.59. The molecule has 0 aliphatic carbocycles. The molecule has 5 nitrogen and oxygen atoms in total. The van der Waals surface area contributed by atoms with Gasteiger partial charge in [-0.05, 0) is 82.1 Å². The summed E-state index contributed by atoms with van der Waals surface area (Å²) in [4.78, 5) is 24.2. The zero-order valence-electron chi connectivity index (χ0n) is 16.1. The first kappa shape index (κ1) is 19.5. The first-order valence-corrected chi connectivity index (χ1v) is 8.67. The van der Waals surface area contributed by atoms with Crippen LogP contribution >= 0.6 is 0 Å². The molecule has 26 heavy (non-hydrogen) atoms. The number of amides is 2. The molecule has 2 rings (SSSR count). The molecule has 2 amide bonds. The molecule has 0 spiro atoms. The van der Waals surface area contributed by atoms with Gasteiger partial charge < -0.3 is 16.0 Å². The van der Waals surface area contributed by atoms with E-state index in [0.717, 1.165) is 22.5 Å². The van der Waals surface area contributed by atoms with Gasteiger partial charge >= 0.3 is 0 Å². The van der Waals surface area contributed by atoms with Crippen LogP contribution in [0.3, 0.4) is 0 Å². The number of carbonyl (C=O) groups is 2. The van der Waals surface area contributed by atoms with E-state index in [2.05, 4.69) is 22.0 Å². The maximum absolute atomic E-state index is 12.1. The summed E-state index contributed by atoms with van der Waals surface area (Å²) in [6, 6.07) is 13.0. The summed E-state index contributed by atoms with van der Waals surface area (Å²) in [6.07, 6.45) is 0. The predicted octanol–water partition coefficient (Wildman–Crippen LogP) is 3.88. The number of nitrogens with one attached hydrogen (secondary N) is 3. The van der Waals surface area contributed by atoms with Gasteiger partial charge in [-0.1, -0.05) is 6.07 Å². The first-order valence-electron chi connectivity index (χ1n) is 8.67. The van der Waals surface area contributed by atoms with Crippen molar-refractivity contribution in [2.45, 2.75) is 40.2 Å². The Hall–Kier alpha value is -2.82. The summed E-state index contributed by atoms with van der Waals surface area (Å²) >= 11 is 0. The second-order valence-corrected chi connectivity index (χ2v) is 7.56. The Bertz CT molecular complexity index is 770. The lowest BCUT2D eigenvalue weighted by atomic mass is 10.1. The van der Waals surface area contributed by atoms with Crippen molar-refractivity contribution in [3.8, 4) is 0 Å². The number of anilines is 2. The highest BCUT2D eigenvalue weighted by Gasteiger charge is 2.15. The molecule has 0 saturated carbocycles. The van der Waals surface area contributed by atoms with Crippen LogP contribution in [0.4, 0.5) is 11.4 Å². The molecular formula is C21H27N3O2. The number of hydrogen-bond donors (Lipinski definition) is 3. The molecule has 5 heteroatoms. The van der Waals surface area contributed by atoms with Crippen molar-refractivity contribution < 1.29 is 9.59 Å². The lowest BCUT2D eigenvalue weighted by Gasteiger charge is -2.20. The summed E-state index contributed by atoms with van der Waals surface area (Å²) in [7, 11) is 0. The highest BCUT2D eigenvalue weighted by atomic mass is 16.2. The molecule has 0 heterocycles. The minimum Gasteiger partial charge on any atom is -0.376 e. The van der Waals surface area contributed by atoms with Crippen LogP contribution in [0.5, 0.6) is 0 Å². The van der Waals surface area contributed by atoms with Crippen LogP contribution in [0.1, 0.15) is 42.3 Å². The van der Waals surface area contributed by atoms with Gasteiger partial charge in [-0.15, -0.1) is 0 Å². The van der Waals surface area contributed by atoms with E-state index >= 15 is 0 Å². The van der Waals surface area contributed by atoms with Crippen molar-refractivity contribution in [2.75, 3.05) is 17.2 Å². The molecule has 0 aliphatic rings. The van der Waals surface area contributed by atoms with Crippen LogP contribution < -0.4 is 16.0 Å². The predicted molar refractivity (Wildman–Crippen MR) is 107 cm³/mol. The van der Waals surface area contributed by atoms with Crippen molar-refractivity contribution in [3.63, 3.8) is 0 Å².